The van der Waals surface area contributed by atoms with Gasteiger partial charge in [-0.05, 0) is 29.8 Å². The second-order valence-electron chi connectivity index (χ2n) is 6.65. The van der Waals surface area contributed by atoms with Crippen molar-refractivity contribution >= 4 is 29.2 Å². The number of ether oxygens (including phenoxy) is 3. The minimum Gasteiger partial charge on any atom is -0.465 e. The van der Waals surface area contributed by atoms with Crippen molar-refractivity contribution in [3.05, 3.63) is 52.0 Å². The van der Waals surface area contributed by atoms with Crippen LogP contribution in [0.5, 0.6) is 5.75 Å². The summed E-state index contributed by atoms with van der Waals surface area (Å²) in [6, 6.07) is 9.37. The maximum atomic E-state index is 11.6. The van der Waals surface area contributed by atoms with Gasteiger partial charge in [0, 0.05) is 5.56 Å². The first-order chi connectivity index (χ1) is 14.3. The summed E-state index contributed by atoms with van der Waals surface area (Å²) in [6.07, 6.45) is -7.09. The molecule has 1 heterocycles. The third kappa shape index (κ3) is 4.55. The van der Waals surface area contributed by atoms with Crippen LogP contribution in [0.25, 0.3) is 11.1 Å². The maximum Gasteiger partial charge on any atom is 0.337 e. The number of halogens is 2. The van der Waals surface area contributed by atoms with Crippen LogP contribution >= 0.6 is 23.2 Å². The highest BCUT2D eigenvalue weighted by Crippen LogP contribution is 2.39. The summed E-state index contributed by atoms with van der Waals surface area (Å²) >= 11 is 12.7. The van der Waals surface area contributed by atoms with Crippen molar-refractivity contribution in [3.8, 4) is 16.9 Å². The lowest BCUT2D eigenvalue weighted by Gasteiger charge is -2.39. The molecule has 30 heavy (non-hydrogen) atoms. The number of aliphatic hydroxyl groups is 4. The lowest BCUT2D eigenvalue weighted by molar-refractivity contribution is -0.277. The summed E-state index contributed by atoms with van der Waals surface area (Å²) in [6.45, 7) is -0.577. The van der Waals surface area contributed by atoms with Gasteiger partial charge in [-0.1, -0.05) is 35.3 Å². The number of carbonyl (C=O) groups excluding carboxylic acids is 1. The van der Waals surface area contributed by atoms with Gasteiger partial charge in [0.1, 0.15) is 30.2 Å². The van der Waals surface area contributed by atoms with E-state index in [1.54, 1.807) is 24.3 Å². The van der Waals surface area contributed by atoms with Crippen molar-refractivity contribution in [2.75, 3.05) is 13.7 Å². The first kappa shape index (κ1) is 22.8. The van der Waals surface area contributed by atoms with Gasteiger partial charge in [-0.15, -0.1) is 0 Å². The van der Waals surface area contributed by atoms with E-state index in [1.807, 2.05) is 0 Å². The maximum absolute atomic E-state index is 11.6. The molecular weight excluding hydrogens is 439 g/mol. The topological polar surface area (TPSA) is 126 Å². The van der Waals surface area contributed by atoms with Crippen molar-refractivity contribution in [1.29, 1.82) is 0 Å². The van der Waals surface area contributed by atoms with Gasteiger partial charge in [0.15, 0.2) is 0 Å². The average Bonchev–Trinajstić information content (AvgIpc) is 2.73. The molecule has 1 aliphatic heterocycles. The minimum absolute atomic E-state index is 0.143. The molecule has 10 heteroatoms. The van der Waals surface area contributed by atoms with Gasteiger partial charge >= 0.3 is 5.97 Å². The van der Waals surface area contributed by atoms with E-state index in [1.165, 1.54) is 19.2 Å². The Bertz CT molecular complexity index is 879. The molecule has 2 aromatic rings. The second-order valence-corrected chi connectivity index (χ2v) is 7.46. The molecule has 1 aliphatic rings. The van der Waals surface area contributed by atoms with E-state index >= 15 is 0 Å². The first-order valence-corrected chi connectivity index (χ1v) is 9.67. The van der Waals surface area contributed by atoms with Crippen LogP contribution < -0.4 is 4.74 Å². The number of hydrogen-bond acceptors (Lipinski definition) is 8. The molecular formula is C20H20Cl2O8. The smallest absolute Gasteiger partial charge is 0.337 e. The Morgan fingerprint density at radius 1 is 1.03 bits per heavy atom. The Hall–Kier alpha value is -1.91. The minimum atomic E-state index is -1.57. The Morgan fingerprint density at radius 2 is 1.63 bits per heavy atom. The number of hydrogen-bond donors (Lipinski definition) is 4. The van der Waals surface area contributed by atoms with E-state index in [2.05, 4.69) is 4.74 Å². The zero-order chi connectivity index (χ0) is 22.0. The zero-order valence-corrected chi connectivity index (χ0v) is 17.2. The van der Waals surface area contributed by atoms with Gasteiger partial charge in [0.2, 0.25) is 6.29 Å². The summed E-state index contributed by atoms with van der Waals surface area (Å²) in [5.74, 6) is -0.328. The van der Waals surface area contributed by atoms with Crippen LogP contribution in [0.4, 0.5) is 0 Å². The molecule has 162 valence electrons. The van der Waals surface area contributed by atoms with E-state index in [4.69, 9.17) is 32.7 Å². The molecule has 0 radical (unpaired) electrons. The number of benzene rings is 2. The standard InChI is InChI=1S/C20H20Cl2O8/c1-28-19(27)10-4-2-9(3-5-10)15-12(21)6-11(7-13(15)22)29-20-18(26)17(25)16(24)14(8-23)30-20/h2-7,14,16-18,20,23-26H,8H2,1H3/t14-,16-,17+,18+,20-/m1/s1. The number of rotatable bonds is 5. The monoisotopic (exact) mass is 458 g/mol. The SMILES string of the molecule is COC(=O)c1ccc(-c2c(Cl)cc(O[C@@H]3O[C@H](CO)[C@@H](O)[C@H](O)[C@@H]3O)cc2Cl)cc1. The largest absolute Gasteiger partial charge is 0.465 e. The van der Waals surface area contributed by atoms with E-state index < -0.39 is 43.3 Å². The lowest BCUT2D eigenvalue weighted by atomic mass is 9.99. The highest BCUT2D eigenvalue weighted by Gasteiger charge is 2.44. The number of methoxy groups -OCH3 is 1. The molecule has 2 aromatic carbocycles. The number of carbonyl (C=O) groups is 1. The van der Waals surface area contributed by atoms with Gasteiger partial charge in [-0.2, -0.15) is 0 Å². The molecule has 0 spiro atoms. The summed E-state index contributed by atoms with van der Waals surface area (Å²) < 4.78 is 15.5. The number of esters is 1. The van der Waals surface area contributed by atoms with Crippen LogP contribution in [0.2, 0.25) is 10.0 Å². The Balaban J connectivity index is 1.83. The van der Waals surface area contributed by atoms with Gasteiger partial charge in [0.25, 0.3) is 0 Å². The number of aliphatic hydroxyl groups excluding tert-OH is 4. The molecule has 0 saturated carbocycles. The van der Waals surface area contributed by atoms with Crippen molar-refractivity contribution in [3.63, 3.8) is 0 Å². The molecule has 1 saturated heterocycles. The van der Waals surface area contributed by atoms with Gasteiger partial charge < -0.3 is 34.6 Å². The molecule has 0 bridgehead atoms. The van der Waals surface area contributed by atoms with Gasteiger partial charge in [-0.3, -0.25) is 0 Å². The Labute approximate surface area is 182 Å². The van der Waals surface area contributed by atoms with E-state index in [0.717, 1.165) is 0 Å². The summed E-state index contributed by atoms with van der Waals surface area (Å²) in [5.41, 5.74) is 1.52. The molecule has 1 fully saturated rings. The first-order valence-electron chi connectivity index (χ1n) is 8.91. The zero-order valence-electron chi connectivity index (χ0n) is 15.7. The summed E-state index contributed by atoms with van der Waals surface area (Å²) in [4.78, 5) is 11.6. The van der Waals surface area contributed by atoms with Crippen LogP contribution in [0.15, 0.2) is 36.4 Å². The van der Waals surface area contributed by atoms with Crippen molar-refractivity contribution in [1.82, 2.24) is 0 Å². The molecule has 0 amide bonds. The molecule has 0 unspecified atom stereocenters. The molecule has 4 N–H and O–H groups in total. The van der Waals surface area contributed by atoms with E-state index in [9.17, 15) is 25.2 Å². The Morgan fingerprint density at radius 3 is 2.17 bits per heavy atom. The van der Waals surface area contributed by atoms with Crippen molar-refractivity contribution in [2.45, 2.75) is 30.7 Å². The predicted molar refractivity (Wildman–Crippen MR) is 108 cm³/mol. The molecule has 0 aliphatic carbocycles. The van der Waals surface area contributed by atoms with Crippen LogP contribution in [-0.2, 0) is 9.47 Å². The summed E-state index contributed by atoms with van der Waals surface area (Å²) in [5, 5.41) is 39.5. The predicted octanol–water partition coefficient (Wildman–Crippen LogP) is 1.63. The Kier molecular flexibility index (Phi) is 7.20. The third-order valence-corrected chi connectivity index (χ3v) is 5.31. The lowest BCUT2D eigenvalue weighted by Crippen LogP contribution is -2.60. The fraction of sp³-hybridized carbons (Fsp3) is 0.350. The van der Waals surface area contributed by atoms with Gasteiger partial charge in [-0.25, -0.2) is 4.79 Å². The second kappa shape index (κ2) is 9.49. The van der Waals surface area contributed by atoms with Crippen molar-refractivity contribution < 1.29 is 39.4 Å². The van der Waals surface area contributed by atoms with Gasteiger partial charge in [0.05, 0.1) is 29.3 Å². The van der Waals surface area contributed by atoms with Crippen LogP contribution in [0, 0.1) is 0 Å². The van der Waals surface area contributed by atoms with Crippen LogP contribution in [0.3, 0.4) is 0 Å². The van der Waals surface area contributed by atoms with Crippen molar-refractivity contribution in [2.24, 2.45) is 0 Å². The molecule has 0 aromatic heterocycles. The van der Waals surface area contributed by atoms with Crippen LogP contribution in [0.1, 0.15) is 10.4 Å². The van der Waals surface area contributed by atoms with E-state index in [-0.39, 0.29) is 15.8 Å². The fourth-order valence-electron chi connectivity index (χ4n) is 3.08. The highest BCUT2D eigenvalue weighted by molar-refractivity contribution is 6.39. The highest BCUT2D eigenvalue weighted by atomic mass is 35.5. The average molecular weight is 459 g/mol. The molecule has 3 rings (SSSR count). The summed E-state index contributed by atoms with van der Waals surface area (Å²) in [7, 11) is 1.29. The fourth-order valence-corrected chi connectivity index (χ4v) is 3.77. The normalized spacial score (nSPS) is 26.3. The molecule has 5 atom stereocenters. The molecule has 8 nitrogen and oxygen atoms in total. The van der Waals surface area contributed by atoms with Crippen LogP contribution in [-0.4, -0.2) is 70.8 Å². The quantitative estimate of drug-likeness (QED) is 0.498. The van der Waals surface area contributed by atoms with E-state index in [0.29, 0.717) is 16.7 Å². The third-order valence-electron chi connectivity index (χ3n) is 4.71.